The summed E-state index contributed by atoms with van der Waals surface area (Å²) in [6.45, 7) is 3.38. The van der Waals surface area contributed by atoms with E-state index in [1.54, 1.807) is 18.2 Å². The van der Waals surface area contributed by atoms with Gasteiger partial charge in [-0.3, -0.25) is 4.79 Å². The molecule has 0 aromatic heterocycles. The van der Waals surface area contributed by atoms with Crippen molar-refractivity contribution in [3.8, 4) is 11.5 Å². The Morgan fingerprint density at radius 1 is 1.40 bits per heavy atom. The topological polar surface area (TPSA) is 79.8 Å². The highest BCUT2D eigenvalue weighted by molar-refractivity contribution is 5.77. The van der Waals surface area contributed by atoms with Gasteiger partial charge in [0.25, 0.3) is 0 Å². The number of carbonyl (C=O) groups is 1. The molecule has 0 saturated heterocycles. The number of ether oxygens (including phenoxy) is 2. The highest BCUT2D eigenvalue weighted by Crippen LogP contribution is 2.33. The van der Waals surface area contributed by atoms with E-state index in [0.717, 1.165) is 12.0 Å². The fourth-order valence-corrected chi connectivity index (χ4v) is 1.89. The summed E-state index contributed by atoms with van der Waals surface area (Å²) in [5.74, 6) is 1.26. The van der Waals surface area contributed by atoms with Gasteiger partial charge in [-0.2, -0.15) is 0 Å². The van der Waals surface area contributed by atoms with Gasteiger partial charge in [0.1, 0.15) is 0 Å². The quantitative estimate of drug-likeness (QED) is 0.680. The minimum Gasteiger partial charge on any atom is -0.454 e. The van der Waals surface area contributed by atoms with Gasteiger partial charge in [-0.15, -0.1) is 0 Å². The number of hydrogen-bond donors (Lipinski definition) is 3. The van der Waals surface area contributed by atoms with Crippen molar-refractivity contribution in [1.82, 2.24) is 10.6 Å². The molecule has 0 bridgehead atoms. The maximum atomic E-state index is 11.4. The molecule has 2 rings (SSSR count). The van der Waals surface area contributed by atoms with Crippen LogP contribution in [0, 0.1) is 0 Å². The van der Waals surface area contributed by atoms with E-state index in [-0.39, 0.29) is 19.2 Å². The summed E-state index contributed by atoms with van der Waals surface area (Å²) in [6.07, 6.45) is 0.217. The van der Waals surface area contributed by atoms with Crippen LogP contribution >= 0.6 is 0 Å². The molecule has 1 aliphatic heterocycles. The zero-order valence-corrected chi connectivity index (χ0v) is 11.5. The molecule has 0 fully saturated rings. The zero-order chi connectivity index (χ0) is 14.4. The van der Waals surface area contributed by atoms with Crippen molar-refractivity contribution >= 4 is 5.91 Å². The first-order valence-electron chi connectivity index (χ1n) is 6.75. The lowest BCUT2D eigenvalue weighted by molar-refractivity contribution is -0.120. The second-order valence-electron chi connectivity index (χ2n) is 4.61. The number of hydrogen-bond acceptors (Lipinski definition) is 5. The molecular weight excluding hydrogens is 260 g/mol. The van der Waals surface area contributed by atoms with E-state index in [2.05, 4.69) is 10.6 Å². The molecule has 1 atom stereocenters. The van der Waals surface area contributed by atoms with Crippen LogP contribution in [0.4, 0.5) is 0 Å². The van der Waals surface area contributed by atoms with Crippen molar-refractivity contribution in [2.24, 2.45) is 0 Å². The van der Waals surface area contributed by atoms with Crippen molar-refractivity contribution < 1.29 is 19.4 Å². The standard InChI is InChI=1S/C14H20N2O4/c1-2-5-16-14(18)8-15-7-11(17)10-3-4-12-13(6-10)20-9-19-12/h3-4,6,11,15,17H,2,5,7-9H2,1H3,(H,16,18). The first-order chi connectivity index (χ1) is 9.70. The molecule has 3 N–H and O–H groups in total. The number of fused-ring (bicyclic) bond motifs is 1. The van der Waals surface area contributed by atoms with Gasteiger partial charge in [-0.25, -0.2) is 0 Å². The summed E-state index contributed by atoms with van der Waals surface area (Å²) in [6, 6.07) is 5.32. The molecule has 1 aliphatic rings. The summed E-state index contributed by atoms with van der Waals surface area (Å²) >= 11 is 0. The Balaban J connectivity index is 1.77. The van der Waals surface area contributed by atoms with E-state index in [4.69, 9.17) is 9.47 Å². The van der Waals surface area contributed by atoms with Crippen LogP contribution in [-0.2, 0) is 4.79 Å². The van der Waals surface area contributed by atoms with E-state index in [9.17, 15) is 9.90 Å². The Morgan fingerprint density at radius 3 is 3.00 bits per heavy atom. The molecule has 1 unspecified atom stereocenters. The SMILES string of the molecule is CCCNC(=O)CNCC(O)c1ccc2c(c1)OCO2. The van der Waals surface area contributed by atoms with Gasteiger partial charge in [0, 0.05) is 13.1 Å². The first-order valence-corrected chi connectivity index (χ1v) is 6.75. The van der Waals surface area contributed by atoms with Crippen LogP contribution in [0.15, 0.2) is 18.2 Å². The van der Waals surface area contributed by atoms with Crippen molar-refractivity contribution in [3.63, 3.8) is 0 Å². The number of amides is 1. The van der Waals surface area contributed by atoms with E-state index in [1.807, 2.05) is 6.92 Å². The molecule has 0 saturated carbocycles. The Morgan fingerprint density at radius 2 is 2.20 bits per heavy atom. The molecule has 1 aromatic rings. The Labute approximate surface area is 118 Å². The van der Waals surface area contributed by atoms with Crippen molar-refractivity contribution in [2.45, 2.75) is 19.4 Å². The van der Waals surface area contributed by atoms with Crippen LogP contribution in [0.1, 0.15) is 25.0 Å². The third-order valence-electron chi connectivity index (χ3n) is 2.98. The Hall–Kier alpha value is -1.79. The summed E-state index contributed by atoms with van der Waals surface area (Å²) in [4.78, 5) is 11.4. The molecule has 1 amide bonds. The van der Waals surface area contributed by atoms with Gasteiger partial charge in [0.2, 0.25) is 12.7 Å². The van der Waals surface area contributed by atoms with Crippen molar-refractivity contribution in [2.75, 3.05) is 26.4 Å². The number of rotatable bonds is 7. The molecule has 0 aliphatic carbocycles. The molecule has 1 heterocycles. The summed E-state index contributed by atoms with van der Waals surface area (Å²) < 4.78 is 10.5. The van der Waals surface area contributed by atoms with Crippen LogP contribution in [0.2, 0.25) is 0 Å². The molecule has 0 radical (unpaired) electrons. The molecule has 6 nitrogen and oxygen atoms in total. The van der Waals surface area contributed by atoms with E-state index < -0.39 is 6.10 Å². The number of carbonyl (C=O) groups excluding carboxylic acids is 1. The number of benzene rings is 1. The highest BCUT2D eigenvalue weighted by atomic mass is 16.7. The molecule has 6 heteroatoms. The first kappa shape index (κ1) is 14.6. The van der Waals surface area contributed by atoms with Gasteiger partial charge in [0.05, 0.1) is 12.6 Å². The molecule has 0 spiro atoms. The normalized spacial score (nSPS) is 14.1. The molecule has 20 heavy (non-hydrogen) atoms. The van der Waals surface area contributed by atoms with Crippen molar-refractivity contribution in [3.05, 3.63) is 23.8 Å². The fourth-order valence-electron chi connectivity index (χ4n) is 1.89. The number of aliphatic hydroxyl groups is 1. The van der Waals surface area contributed by atoms with Crippen LogP contribution in [0.25, 0.3) is 0 Å². The minimum atomic E-state index is -0.691. The van der Waals surface area contributed by atoms with Gasteiger partial charge >= 0.3 is 0 Å². The van der Waals surface area contributed by atoms with Crippen LogP contribution in [0.5, 0.6) is 11.5 Å². The summed E-state index contributed by atoms with van der Waals surface area (Å²) in [5.41, 5.74) is 0.732. The van der Waals surface area contributed by atoms with Gasteiger partial charge in [-0.1, -0.05) is 13.0 Å². The van der Waals surface area contributed by atoms with E-state index >= 15 is 0 Å². The van der Waals surface area contributed by atoms with Gasteiger partial charge in [-0.05, 0) is 24.1 Å². The van der Waals surface area contributed by atoms with E-state index in [1.165, 1.54) is 0 Å². The molecular formula is C14H20N2O4. The zero-order valence-electron chi connectivity index (χ0n) is 11.5. The van der Waals surface area contributed by atoms with Crippen LogP contribution in [0.3, 0.4) is 0 Å². The Kier molecular flexibility index (Phi) is 5.20. The van der Waals surface area contributed by atoms with Gasteiger partial charge in [0.15, 0.2) is 11.5 Å². The maximum absolute atomic E-state index is 11.4. The van der Waals surface area contributed by atoms with Crippen molar-refractivity contribution in [1.29, 1.82) is 0 Å². The minimum absolute atomic E-state index is 0.0651. The third kappa shape index (κ3) is 3.85. The average molecular weight is 280 g/mol. The van der Waals surface area contributed by atoms with Crippen LogP contribution < -0.4 is 20.1 Å². The monoisotopic (exact) mass is 280 g/mol. The Bertz CT molecular complexity index is 464. The highest BCUT2D eigenvalue weighted by Gasteiger charge is 2.16. The summed E-state index contributed by atoms with van der Waals surface area (Å²) in [7, 11) is 0. The third-order valence-corrected chi connectivity index (χ3v) is 2.98. The molecule has 110 valence electrons. The predicted octanol–water partition coefficient (Wildman–Crippen LogP) is 0.565. The van der Waals surface area contributed by atoms with Crippen LogP contribution in [-0.4, -0.2) is 37.4 Å². The second-order valence-corrected chi connectivity index (χ2v) is 4.61. The number of aliphatic hydroxyl groups excluding tert-OH is 1. The lowest BCUT2D eigenvalue weighted by Gasteiger charge is -2.12. The fraction of sp³-hybridized carbons (Fsp3) is 0.500. The predicted molar refractivity (Wildman–Crippen MR) is 73.7 cm³/mol. The second kappa shape index (κ2) is 7.12. The van der Waals surface area contributed by atoms with Gasteiger partial charge < -0.3 is 25.2 Å². The molecule has 1 aromatic carbocycles. The lowest BCUT2D eigenvalue weighted by atomic mass is 10.1. The average Bonchev–Trinajstić information content (AvgIpc) is 2.92. The summed E-state index contributed by atoms with van der Waals surface area (Å²) in [5, 5.41) is 15.7. The smallest absolute Gasteiger partial charge is 0.233 e. The van der Waals surface area contributed by atoms with E-state index in [0.29, 0.717) is 24.6 Å². The largest absolute Gasteiger partial charge is 0.454 e. The lowest BCUT2D eigenvalue weighted by Crippen LogP contribution is -2.35. The maximum Gasteiger partial charge on any atom is 0.233 e. The number of nitrogens with one attached hydrogen (secondary N) is 2.